The van der Waals surface area contributed by atoms with Gasteiger partial charge in [0.2, 0.25) is 0 Å². The van der Waals surface area contributed by atoms with Crippen LogP contribution in [0.5, 0.6) is 11.5 Å². The second-order valence-corrected chi connectivity index (χ2v) is 8.25. The Labute approximate surface area is 196 Å². The Morgan fingerprint density at radius 3 is 2.63 bits per heavy atom. The average molecular weight is 488 g/mol. The van der Waals surface area contributed by atoms with E-state index in [2.05, 4.69) is 25.4 Å². The Hall–Kier alpha value is -4.09. The lowest BCUT2D eigenvalue weighted by Crippen LogP contribution is -2.36. The van der Waals surface area contributed by atoms with Gasteiger partial charge in [0, 0.05) is 48.0 Å². The van der Waals surface area contributed by atoms with Gasteiger partial charge in [-0.15, -0.1) is 0 Å². The summed E-state index contributed by atoms with van der Waals surface area (Å²) in [6.07, 6.45) is 4.85. The molecule has 1 aliphatic rings. The minimum Gasteiger partial charge on any atom is -0.459 e. The minimum atomic E-state index is -3.08. The van der Waals surface area contributed by atoms with E-state index in [1.54, 1.807) is 12.4 Å². The Morgan fingerprint density at radius 2 is 1.94 bits per heavy atom. The molecule has 0 bridgehead atoms. The van der Waals surface area contributed by atoms with E-state index >= 15 is 0 Å². The van der Waals surface area contributed by atoms with E-state index in [1.165, 1.54) is 12.3 Å². The maximum absolute atomic E-state index is 14.9. The second-order valence-electron chi connectivity index (χ2n) is 8.25. The number of amidine groups is 1. The van der Waals surface area contributed by atoms with Crippen molar-refractivity contribution in [3.63, 3.8) is 0 Å². The molecule has 3 aromatic heterocycles. The van der Waals surface area contributed by atoms with Crippen molar-refractivity contribution in [3.05, 3.63) is 54.5 Å². The molecule has 4 heterocycles. The van der Waals surface area contributed by atoms with Gasteiger partial charge in [0.05, 0.1) is 11.1 Å². The number of aromatic amines is 1. The first-order chi connectivity index (χ1) is 16.7. The highest BCUT2D eigenvalue weighted by molar-refractivity contribution is 5.97. The number of aromatic nitrogens is 4. The van der Waals surface area contributed by atoms with Crippen LogP contribution in [0.3, 0.4) is 0 Å². The van der Waals surface area contributed by atoms with E-state index in [4.69, 9.17) is 9.47 Å². The van der Waals surface area contributed by atoms with Crippen LogP contribution in [0.4, 0.5) is 23.2 Å². The van der Waals surface area contributed by atoms with Crippen LogP contribution in [0.2, 0.25) is 0 Å². The van der Waals surface area contributed by atoms with Crippen LogP contribution < -0.4 is 10.1 Å². The number of nitrogens with one attached hydrogen (secondary N) is 2. The van der Waals surface area contributed by atoms with E-state index in [9.17, 15) is 17.6 Å². The number of aliphatic imine (C=N–C) groups is 1. The molecule has 0 saturated carbocycles. The van der Waals surface area contributed by atoms with E-state index in [0.717, 1.165) is 17.8 Å². The number of anilines is 1. The molecule has 182 valence electrons. The molecule has 35 heavy (non-hydrogen) atoms. The Balaban J connectivity index is 1.47. The van der Waals surface area contributed by atoms with Crippen LogP contribution in [0.25, 0.3) is 22.3 Å². The Bertz CT molecular complexity index is 1410. The molecular formula is C23H20F4N6O2. The fraction of sp³-hybridized carbons (Fsp3) is 0.261. The highest BCUT2D eigenvalue weighted by Gasteiger charge is 2.34. The highest BCUT2D eigenvalue weighted by Crippen LogP contribution is 2.39. The molecular weight excluding hydrogens is 468 g/mol. The van der Waals surface area contributed by atoms with Gasteiger partial charge >= 0.3 is 5.92 Å². The number of halogens is 4. The fourth-order valence-corrected chi connectivity index (χ4v) is 3.74. The standard InChI is InChI=1S/C23H20F4N6O2/c1-12(2)33-17(3-6-31-33)14-9-29-21-19(14)18(4-5-28-21)35-20-15(24)7-13(8-16(20)25)32-22-30-10-23(26,27)11-34-22/h3-9,12H,10-11H2,1-2H3,(H,28,29)(H,30,32). The largest absolute Gasteiger partial charge is 0.459 e. The van der Waals surface area contributed by atoms with Crippen molar-refractivity contribution in [2.45, 2.75) is 25.8 Å². The molecule has 0 aliphatic carbocycles. The summed E-state index contributed by atoms with van der Waals surface area (Å²) in [7, 11) is 0. The molecule has 0 fully saturated rings. The molecule has 1 aromatic carbocycles. The van der Waals surface area contributed by atoms with Crippen molar-refractivity contribution in [2.75, 3.05) is 18.5 Å². The first kappa shape index (κ1) is 22.7. The molecule has 0 saturated heterocycles. The van der Waals surface area contributed by atoms with Crippen LogP contribution in [-0.2, 0) is 4.74 Å². The quantitative estimate of drug-likeness (QED) is 0.362. The lowest BCUT2D eigenvalue weighted by molar-refractivity contribution is -0.0456. The first-order valence-electron chi connectivity index (χ1n) is 10.7. The molecule has 8 nitrogen and oxygen atoms in total. The zero-order valence-electron chi connectivity index (χ0n) is 18.7. The molecule has 0 unspecified atom stereocenters. The van der Waals surface area contributed by atoms with Gasteiger partial charge in [-0.1, -0.05) is 0 Å². The smallest absolute Gasteiger partial charge is 0.300 e. The highest BCUT2D eigenvalue weighted by atomic mass is 19.3. The number of fused-ring (bicyclic) bond motifs is 1. The Kier molecular flexibility index (Phi) is 5.58. The van der Waals surface area contributed by atoms with Crippen molar-refractivity contribution in [3.8, 4) is 22.8 Å². The minimum absolute atomic E-state index is 0.0700. The third-order valence-corrected chi connectivity index (χ3v) is 5.31. The summed E-state index contributed by atoms with van der Waals surface area (Å²) in [4.78, 5) is 10.9. The molecule has 2 N–H and O–H groups in total. The summed E-state index contributed by atoms with van der Waals surface area (Å²) in [6, 6.07) is 5.07. The fourth-order valence-electron chi connectivity index (χ4n) is 3.74. The van der Waals surface area contributed by atoms with E-state index < -0.39 is 36.5 Å². The molecule has 0 spiro atoms. The molecule has 1 aliphatic heterocycles. The van der Waals surface area contributed by atoms with E-state index in [1.807, 2.05) is 24.6 Å². The number of hydrogen-bond donors (Lipinski definition) is 2. The van der Waals surface area contributed by atoms with Crippen molar-refractivity contribution in [2.24, 2.45) is 4.99 Å². The number of nitrogens with zero attached hydrogens (tertiary/aromatic N) is 4. The third-order valence-electron chi connectivity index (χ3n) is 5.31. The van der Waals surface area contributed by atoms with Gasteiger partial charge in [-0.05, 0) is 26.0 Å². The van der Waals surface area contributed by atoms with E-state index in [0.29, 0.717) is 16.6 Å². The average Bonchev–Trinajstić information content (AvgIpc) is 3.45. The lowest BCUT2D eigenvalue weighted by atomic mass is 10.1. The summed E-state index contributed by atoms with van der Waals surface area (Å²) >= 11 is 0. The Morgan fingerprint density at radius 1 is 1.17 bits per heavy atom. The molecule has 4 aromatic rings. The number of benzene rings is 1. The number of rotatable bonds is 5. The summed E-state index contributed by atoms with van der Waals surface area (Å²) in [5.41, 5.74) is 1.89. The number of ether oxygens (including phenoxy) is 2. The summed E-state index contributed by atoms with van der Waals surface area (Å²) in [5, 5.41) is 7.36. The predicted octanol–water partition coefficient (Wildman–Crippen LogP) is 5.51. The summed E-state index contributed by atoms with van der Waals surface area (Å²) < 4.78 is 68.4. The normalized spacial score (nSPS) is 15.2. The number of hydrogen-bond acceptors (Lipinski definition) is 6. The van der Waals surface area contributed by atoms with Crippen LogP contribution in [0.1, 0.15) is 19.9 Å². The van der Waals surface area contributed by atoms with Crippen molar-refractivity contribution in [1.29, 1.82) is 0 Å². The van der Waals surface area contributed by atoms with Gasteiger partial charge in [0.25, 0.3) is 6.02 Å². The summed E-state index contributed by atoms with van der Waals surface area (Å²) in [5.74, 6) is -5.56. The molecule has 0 amide bonds. The number of H-pyrrole nitrogens is 1. The van der Waals surface area contributed by atoms with Crippen LogP contribution in [0, 0.1) is 11.6 Å². The molecule has 0 radical (unpaired) electrons. The van der Waals surface area contributed by atoms with Crippen molar-refractivity contribution in [1.82, 2.24) is 19.7 Å². The van der Waals surface area contributed by atoms with Gasteiger partial charge in [0.1, 0.15) is 17.9 Å². The molecule has 12 heteroatoms. The molecule has 0 atom stereocenters. The lowest BCUT2D eigenvalue weighted by Gasteiger charge is -2.22. The van der Waals surface area contributed by atoms with E-state index in [-0.39, 0.29) is 23.5 Å². The van der Waals surface area contributed by atoms with Gasteiger partial charge in [-0.25, -0.2) is 27.5 Å². The maximum atomic E-state index is 14.9. The van der Waals surface area contributed by atoms with Crippen molar-refractivity contribution < 1.29 is 27.0 Å². The number of pyridine rings is 1. The first-order valence-corrected chi connectivity index (χ1v) is 10.7. The predicted molar refractivity (Wildman–Crippen MR) is 121 cm³/mol. The summed E-state index contributed by atoms with van der Waals surface area (Å²) in [6.45, 7) is 2.31. The van der Waals surface area contributed by atoms with Crippen LogP contribution >= 0.6 is 0 Å². The zero-order chi connectivity index (χ0) is 24.7. The van der Waals surface area contributed by atoms with Crippen molar-refractivity contribution >= 4 is 22.7 Å². The number of alkyl halides is 2. The van der Waals surface area contributed by atoms with Crippen LogP contribution in [-0.4, -0.2) is 44.8 Å². The van der Waals surface area contributed by atoms with Crippen LogP contribution in [0.15, 0.2) is 47.8 Å². The monoisotopic (exact) mass is 488 g/mol. The maximum Gasteiger partial charge on any atom is 0.300 e. The second kappa shape index (κ2) is 8.60. The zero-order valence-corrected chi connectivity index (χ0v) is 18.7. The molecule has 5 rings (SSSR count). The van der Waals surface area contributed by atoms with Gasteiger partial charge in [-0.3, -0.25) is 4.68 Å². The van der Waals surface area contributed by atoms with Gasteiger partial charge in [0.15, 0.2) is 24.0 Å². The topological polar surface area (TPSA) is 89.4 Å². The SMILES string of the molecule is CC(C)n1nccc1-c1c[nH]c2nccc(Oc3c(F)cc(NC4=NCC(F)(F)CO4)cc3F)c12. The van der Waals surface area contributed by atoms with Gasteiger partial charge < -0.3 is 19.8 Å². The van der Waals surface area contributed by atoms with Gasteiger partial charge in [-0.2, -0.15) is 5.10 Å². The third kappa shape index (κ3) is 4.38.